The molecule has 0 atom stereocenters. The molecule has 1 aliphatic heterocycles. The number of para-hydroxylation sites is 2. The highest BCUT2D eigenvalue weighted by atomic mass is 16.5. The number of aryl methyl sites for hydroxylation is 1. The largest absolute Gasteiger partial charge is 0.378 e. The average Bonchev–Trinajstić information content (AvgIpc) is 2.76. The van der Waals surface area contributed by atoms with Crippen LogP contribution in [0.3, 0.4) is 0 Å². The van der Waals surface area contributed by atoms with Gasteiger partial charge in [0.25, 0.3) is 5.91 Å². The summed E-state index contributed by atoms with van der Waals surface area (Å²) in [5.41, 5.74) is 4.07. The monoisotopic (exact) mass is 389 g/mol. The summed E-state index contributed by atoms with van der Waals surface area (Å²) >= 11 is 0. The van der Waals surface area contributed by atoms with Crippen molar-refractivity contribution in [1.82, 2.24) is 9.97 Å². The molecule has 1 fully saturated rings. The third-order valence-corrected chi connectivity index (χ3v) is 4.70. The van der Waals surface area contributed by atoms with Crippen LogP contribution in [-0.4, -0.2) is 42.2 Å². The fourth-order valence-electron chi connectivity index (χ4n) is 3.16. The van der Waals surface area contributed by atoms with Crippen LogP contribution in [-0.2, 0) is 4.74 Å². The van der Waals surface area contributed by atoms with E-state index in [1.165, 1.54) is 5.56 Å². The number of hydrogen-bond acceptors (Lipinski definition) is 6. The summed E-state index contributed by atoms with van der Waals surface area (Å²) in [6.45, 7) is 4.99. The van der Waals surface area contributed by atoms with Gasteiger partial charge in [-0.05, 0) is 37.3 Å². The third-order valence-electron chi connectivity index (χ3n) is 4.70. The van der Waals surface area contributed by atoms with Crippen LogP contribution in [0.25, 0.3) is 0 Å². The Morgan fingerprint density at radius 2 is 1.79 bits per heavy atom. The zero-order chi connectivity index (χ0) is 20.1. The number of anilines is 4. The molecule has 0 radical (unpaired) electrons. The predicted molar refractivity (Wildman–Crippen MR) is 114 cm³/mol. The number of ether oxygens (including phenoxy) is 1. The molecule has 0 saturated carbocycles. The molecule has 1 aromatic heterocycles. The van der Waals surface area contributed by atoms with Gasteiger partial charge in [-0.25, -0.2) is 9.97 Å². The van der Waals surface area contributed by atoms with Crippen molar-refractivity contribution < 1.29 is 9.53 Å². The summed E-state index contributed by atoms with van der Waals surface area (Å²) in [6.07, 6.45) is 1.58. The molecule has 0 aliphatic carbocycles. The van der Waals surface area contributed by atoms with E-state index in [1.54, 1.807) is 12.3 Å². The van der Waals surface area contributed by atoms with E-state index in [4.69, 9.17) is 4.74 Å². The lowest BCUT2D eigenvalue weighted by atomic mass is 10.2. The van der Waals surface area contributed by atoms with Gasteiger partial charge in [-0.1, -0.05) is 29.8 Å². The van der Waals surface area contributed by atoms with E-state index in [0.29, 0.717) is 24.9 Å². The molecule has 0 unspecified atom stereocenters. The highest BCUT2D eigenvalue weighted by Crippen LogP contribution is 2.26. The van der Waals surface area contributed by atoms with E-state index in [1.807, 2.05) is 55.5 Å². The van der Waals surface area contributed by atoms with Crippen LogP contribution >= 0.6 is 0 Å². The molecule has 29 heavy (non-hydrogen) atoms. The van der Waals surface area contributed by atoms with Crippen molar-refractivity contribution in [2.75, 3.05) is 41.8 Å². The van der Waals surface area contributed by atoms with E-state index in [9.17, 15) is 4.79 Å². The van der Waals surface area contributed by atoms with Gasteiger partial charge in [-0.15, -0.1) is 0 Å². The highest BCUT2D eigenvalue weighted by Gasteiger charge is 2.17. The summed E-state index contributed by atoms with van der Waals surface area (Å²) < 4.78 is 5.43. The fraction of sp³-hybridized carbons (Fsp3) is 0.227. The standard InChI is InChI=1S/C22H23N5O2/c1-16-6-8-17(9-7-16)24-22-23-11-10-19(26-22)21(28)25-18-4-2-3-5-20(18)27-12-14-29-15-13-27/h2-11H,12-15H2,1H3,(H,25,28)(H,23,24,26). The second-order valence-corrected chi connectivity index (χ2v) is 6.83. The molecule has 2 N–H and O–H groups in total. The Balaban J connectivity index is 1.50. The zero-order valence-electron chi connectivity index (χ0n) is 16.3. The molecule has 1 saturated heterocycles. The number of morpholine rings is 1. The van der Waals surface area contributed by atoms with Crippen LogP contribution < -0.4 is 15.5 Å². The van der Waals surface area contributed by atoms with E-state index in [-0.39, 0.29) is 5.91 Å². The first kappa shape index (κ1) is 18.9. The SMILES string of the molecule is Cc1ccc(Nc2nccc(C(=O)Nc3ccccc3N3CCOCC3)n2)cc1. The maximum atomic E-state index is 12.8. The normalized spacial score (nSPS) is 13.8. The number of aromatic nitrogens is 2. The maximum Gasteiger partial charge on any atom is 0.274 e. The number of nitrogens with zero attached hydrogens (tertiary/aromatic N) is 3. The van der Waals surface area contributed by atoms with Crippen molar-refractivity contribution in [3.63, 3.8) is 0 Å². The summed E-state index contributed by atoms with van der Waals surface area (Å²) in [6, 6.07) is 17.3. The lowest BCUT2D eigenvalue weighted by Crippen LogP contribution is -2.36. The van der Waals surface area contributed by atoms with Crippen LogP contribution in [0.2, 0.25) is 0 Å². The van der Waals surface area contributed by atoms with Crippen LogP contribution in [0.5, 0.6) is 0 Å². The molecule has 2 aromatic carbocycles. The second-order valence-electron chi connectivity index (χ2n) is 6.83. The molecular formula is C22H23N5O2. The van der Waals surface area contributed by atoms with Crippen molar-refractivity contribution in [2.24, 2.45) is 0 Å². The fourth-order valence-corrected chi connectivity index (χ4v) is 3.16. The minimum atomic E-state index is -0.278. The Labute approximate surface area is 169 Å². The Morgan fingerprint density at radius 3 is 2.59 bits per heavy atom. The first-order valence-corrected chi connectivity index (χ1v) is 9.59. The van der Waals surface area contributed by atoms with E-state index in [2.05, 4.69) is 25.5 Å². The third kappa shape index (κ3) is 4.70. The number of amides is 1. The number of nitrogens with one attached hydrogen (secondary N) is 2. The predicted octanol–water partition coefficient (Wildman–Crippen LogP) is 3.62. The maximum absolute atomic E-state index is 12.8. The molecule has 2 heterocycles. The minimum Gasteiger partial charge on any atom is -0.378 e. The van der Waals surface area contributed by atoms with E-state index < -0.39 is 0 Å². The number of benzene rings is 2. The Hall–Kier alpha value is -3.45. The molecule has 148 valence electrons. The lowest BCUT2D eigenvalue weighted by molar-refractivity contribution is 0.102. The van der Waals surface area contributed by atoms with Gasteiger partial charge >= 0.3 is 0 Å². The molecule has 1 amide bonds. The van der Waals surface area contributed by atoms with Crippen molar-refractivity contribution in [3.8, 4) is 0 Å². The summed E-state index contributed by atoms with van der Waals surface area (Å²) in [7, 11) is 0. The van der Waals surface area contributed by atoms with Gasteiger partial charge in [0, 0.05) is 25.0 Å². The average molecular weight is 389 g/mol. The number of rotatable bonds is 5. The molecule has 7 nitrogen and oxygen atoms in total. The highest BCUT2D eigenvalue weighted by molar-refractivity contribution is 6.04. The van der Waals surface area contributed by atoms with Crippen LogP contribution in [0.15, 0.2) is 60.8 Å². The molecule has 3 aromatic rings. The van der Waals surface area contributed by atoms with Gasteiger partial charge in [0.2, 0.25) is 5.95 Å². The van der Waals surface area contributed by atoms with Crippen LogP contribution in [0.1, 0.15) is 16.1 Å². The molecule has 4 rings (SSSR count). The number of carbonyl (C=O) groups excluding carboxylic acids is 1. The van der Waals surface area contributed by atoms with E-state index >= 15 is 0 Å². The molecule has 1 aliphatic rings. The molecular weight excluding hydrogens is 366 g/mol. The Bertz CT molecular complexity index is 985. The lowest BCUT2D eigenvalue weighted by Gasteiger charge is -2.30. The van der Waals surface area contributed by atoms with Gasteiger partial charge in [0.05, 0.1) is 24.6 Å². The molecule has 0 bridgehead atoms. The molecule has 7 heteroatoms. The summed E-state index contributed by atoms with van der Waals surface area (Å²) in [5, 5.41) is 6.11. The van der Waals surface area contributed by atoms with Crippen molar-refractivity contribution >= 4 is 28.9 Å². The summed E-state index contributed by atoms with van der Waals surface area (Å²) in [5.74, 6) is 0.100. The first-order valence-electron chi connectivity index (χ1n) is 9.59. The van der Waals surface area contributed by atoms with Crippen molar-refractivity contribution in [1.29, 1.82) is 0 Å². The van der Waals surface area contributed by atoms with Crippen LogP contribution in [0.4, 0.5) is 23.0 Å². The molecule has 0 spiro atoms. The van der Waals surface area contributed by atoms with Gasteiger partial charge in [-0.3, -0.25) is 4.79 Å². The topological polar surface area (TPSA) is 79.4 Å². The first-order chi connectivity index (χ1) is 14.2. The van der Waals surface area contributed by atoms with Gasteiger partial charge < -0.3 is 20.3 Å². The van der Waals surface area contributed by atoms with Gasteiger partial charge in [0.15, 0.2) is 0 Å². The van der Waals surface area contributed by atoms with Gasteiger partial charge in [0.1, 0.15) is 5.69 Å². The zero-order valence-corrected chi connectivity index (χ0v) is 16.3. The Kier molecular flexibility index (Phi) is 5.67. The quantitative estimate of drug-likeness (QED) is 0.694. The van der Waals surface area contributed by atoms with Crippen LogP contribution in [0, 0.1) is 6.92 Å². The smallest absolute Gasteiger partial charge is 0.274 e. The van der Waals surface area contributed by atoms with E-state index in [0.717, 1.165) is 30.2 Å². The van der Waals surface area contributed by atoms with Crippen molar-refractivity contribution in [2.45, 2.75) is 6.92 Å². The minimum absolute atomic E-state index is 0.278. The summed E-state index contributed by atoms with van der Waals surface area (Å²) in [4.78, 5) is 23.6. The van der Waals surface area contributed by atoms with Gasteiger partial charge in [-0.2, -0.15) is 0 Å². The Morgan fingerprint density at radius 1 is 1.03 bits per heavy atom. The second kappa shape index (κ2) is 8.70. The number of hydrogen-bond donors (Lipinski definition) is 2. The van der Waals surface area contributed by atoms with Crippen molar-refractivity contribution in [3.05, 3.63) is 72.1 Å². The number of carbonyl (C=O) groups is 1.